The number of carbonyl (C=O) groups is 1. The number of hydrogen-bond acceptors (Lipinski definition) is 5. The van der Waals surface area contributed by atoms with E-state index in [2.05, 4.69) is 10.6 Å². The van der Waals surface area contributed by atoms with Crippen molar-refractivity contribution in [1.29, 1.82) is 0 Å². The van der Waals surface area contributed by atoms with Crippen LogP contribution in [0.4, 0.5) is 5.69 Å². The summed E-state index contributed by atoms with van der Waals surface area (Å²) in [6.07, 6.45) is 0.190. The summed E-state index contributed by atoms with van der Waals surface area (Å²) in [7, 11) is -2.98. The van der Waals surface area contributed by atoms with Gasteiger partial charge in [-0.05, 0) is 11.4 Å². The molecule has 0 aromatic carbocycles. The molecule has 2 rings (SSSR count). The highest BCUT2D eigenvalue weighted by molar-refractivity contribution is 7.91. The molecular formula is C10H14N2O3S2. The van der Waals surface area contributed by atoms with Gasteiger partial charge < -0.3 is 10.6 Å². The Labute approximate surface area is 104 Å². The normalized spacial score (nSPS) is 23.2. The van der Waals surface area contributed by atoms with Crippen molar-refractivity contribution in [2.75, 3.05) is 23.4 Å². The van der Waals surface area contributed by atoms with E-state index in [1.165, 1.54) is 11.3 Å². The lowest BCUT2D eigenvalue weighted by Crippen LogP contribution is -2.46. The fraction of sp³-hybridized carbons (Fsp3) is 0.500. The van der Waals surface area contributed by atoms with E-state index < -0.39 is 9.84 Å². The Balaban J connectivity index is 1.86. The lowest BCUT2D eigenvalue weighted by atomic mass is 10.2. The standard InChI is InChI=1S/C10H14N2O3S2/c13-10(12-8-1-3-16-6-8)5-9-7-17(14,15)4-2-11-9/h1,3,6,9,11H,2,4-5,7H2,(H,12,13). The number of rotatable bonds is 3. The maximum absolute atomic E-state index is 11.6. The molecule has 0 saturated carbocycles. The highest BCUT2D eigenvalue weighted by atomic mass is 32.2. The molecule has 1 saturated heterocycles. The molecule has 1 aliphatic rings. The molecular weight excluding hydrogens is 260 g/mol. The molecule has 2 heterocycles. The zero-order valence-electron chi connectivity index (χ0n) is 9.18. The molecule has 0 aliphatic carbocycles. The number of sulfone groups is 1. The van der Waals surface area contributed by atoms with Crippen molar-refractivity contribution in [3.05, 3.63) is 16.8 Å². The minimum Gasteiger partial charge on any atom is -0.325 e. The molecule has 0 bridgehead atoms. The number of thiophene rings is 1. The van der Waals surface area contributed by atoms with E-state index in [9.17, 15) is 13.2 Å². The second-order valence-corrected chi connectivity index (χ2v) is 7.04. The van der Waals surface area contributed by atoms with Gasteiger partial charge in [-0.25, -0.2) is 8.42 Å². The van der Waals surface area contributed by atoms with Crippen LogP contribution in [0.2, 0.25) is 0 Å². The third kappa shape index (κ3) is 3.79. The van der Waals surface area contributed by atoms with E-state index in [4.69, 9.17) is 0 Å². The minimum atomic E-state index is -2.98. The van der Waals surface area contributed by atoms with Gasteiger partial charge in [0.25, 0.3) is 0 Å². The number of amides is 1. The lowest BCUT2D eigenvalue weighted by Gasteiger charge is -2.22. The summed E-state index contributed by atoms with van der Waals surface area (Å²) in [5.74, 6) is 0.0534. The molecule has 1 fully saturated rings. The van der Waals surface area contributed by atoms with E-state index in [0.717, 1.165) is 5.69 Å². The fourth-order valence-corrected chi connectivity index (χ4v) is 3.80. The highest BCUT2D eigenvalue weighted by Crippen LogP contribution is 2.13. The van der Waals surface area contributed by atoms with Gasteiger partial charge in [0.15, 0.2) is 9.84 Å². The quantitative estimate of drug-likeness (QED) is 0.840. The van der Waals surface area contributed by atoms with Gasteiger partial charge in [-0.15, -0.1) is 0 Å². The Morgan fingerprint density at radius 1 is 1.59 bits per heavy atom. The van der Waals surface area contributed by atoms with Crippen LogP contribution in [0.1, 0.15) is 6.42 Å². The van der Waals surface area contributed by atoms with Crippen LogP contribution in [0.25, 0.3) is 0 Å². The summed E-state index contributed by atoms with van der Waals surface area (Å²) in [6, 6.07) is 1.54. The van der Waals surface area contributed by atoms with Crippen LogP contribution in [-0.2, 0) is 14.6 Å². The largest absolute Gasteiger partial charge is 0.325 e. The maximum atomic E-state index is 11.6. The smallest absolute Gasteiger partial charge is 0.225 e. The summed E-state index contributed by atoms with van der Waals surface area (Å²) in [4.78, 5) is 11.6. The van der Waals surface area contributed by atoms with Crippen LogP contribution in [0.3, 0.4) is 0 Å². The van der Waals surface area contributed by atoms with Crippen LogP contribution in [0.5, 0.6) is 0 Å². The Morgan fingerprint density at radius 2 is 2.41 bits per heavy atom. The van der Waals surface area contributed by atoms with Crippen LogP contribution in [-0.4, -0.2) is 38.4 Å². The predicted molar refractivity (Wildman–Crippen MR) is 68.0 cm³/mol. The van der Waals surface area contributed by atoms with Gasteiger partial charge in [0.2, 0.25) is 5.91 Å². The van der Waals surface area contributed by atoms with E-state index in [1.807, 2.05) is 16.8 Å². The third-order valence-corrected chi connectivity index (χ3v) is 4.96. The summed E-state index contributed by atoms with van der Waals surface area (Å²) in [5.41, 5.74) is 0.763. The number of nitrogens with one attached hydrogen (secondary N) is 2. The molecule has 94 valence electrons. The van der Waals surface area contributed by atoms with Crippen molar-refractivity contribution in [2.24, 2.45) is 0 Å². The summed E-state index contributed by atoms with van der Waals surface area (Å²) < 4.78 is 22.8. The second kappa shape index (κ2) is 5.16. The first-order chi connectivity index (χ1) is 8.05. The first-order valence-electron chi connectivity index (χ1n) is 5.31. The fourth-order valence-electron chi connectivity index (χ4n) is 1.77. The predicted octanol–water partition coefficient (Wildman–Crippen LogP) is 0.463. The monoisotopic (exact) mass is 274 g/mol. The molecule has 5 nitrogen and oxygen atoms in total. The van der Waals surface area contributed by atoms with E-state index >= 15 is 0 Å². The Hall–Kier alpha value is -0.920. The summed E-state index contributed by atoms with van der Waals surface area (Å²) in [6.45, 7) is 0.429. The third-order valence-electron chi connectivity index (χ3n) is 2.54. The van der Waals surface area contributed by atoms with Gasteiger partial charge in [-0.3, -0.25) is 4.79 Å². The zero-order chi connectivity index (χ0) is 12.3. The van der Waals surface area contributed by atoms with Crippen LogP contribution in [0.15, 0.2) is 16.8 Å². The van der Waals surface area contributed by atoms with Crippen molar-refractivity contribution < 1.29 is 13.2 Å². The van der Waals surface area contributed by atoms with Gasteiger partial charge in [0, 0.05) is 24.4 Å². The average Bonchev–Trinajstić information content (AvgIpc) is 2.68. The summed E-state index contributed by atoms with van der Waals surface area (Å²) >= 11 is 1.50. The molecule has 17 heavy (non-hydrogen) atoms. The molecule has 1 aliphatic heterocycles. The van der Waals surface area contributed by atoms with E-state index in [1.54, 1.807) is 0 Å². The molecule has 1 unspecified atom stereocenters. The van der Waals surface area contributed by atoms with Crippen molar-refractivity contribution in [3.63, 3.8) is 0 Å². The molecule has 7 heteroatoms. The van der Waals surface area contributed by atoms with Crippen LogP contribution >= 0.6 is 11.3 Å². The zero-order valence-corrected chi connectivity index (χ0v) is 10.8. The van der Waals surface area contributed by atoms with Gasteiger partial charge in [0.1, 0.15) is 0 Å². The van der Waals surface area contributed by atoms with Crippen molar-refractivity contribution >= 4 is 32.8 Å². The lowest BCUT2D eigenvalue weighted by molar-refractivity contribution is -0.116. The second-order valence-electron chi connectivity index (χ2n) is 4.03. The maximum Gasteiger partial charge on any atom is 0.225 e. The van der Waals surface area contributed by atoms with Crippen molar-refractivity contribution in [2.45, 2.75) is 12.5 Å². The molecule has 1 aromatic heterocycles. The Morgan fingerprint density at radius 3 is 3.06 bits per heavy atom. The summed E-state index contributed by atoms with van der Waals surface area (Å²) in [5, 5.41) is 9.49. The van der Waals surface area contributed by atoms with Gasteiger partial charge >= 0.3 is 0 Å². The Bertz CT molecular complexity index is 482. The topological polar surface area (TPSA) is 75.3 Å². The van der Waals surface area contributed by atoms with Crippen LogP contribution in [0, 0.1) is 0 Å². The minimum absolute atomic E-state index is 0.0457. The number of anilines is 1. The Kier molecular flexibility index (Phi) is 3.80. The first kappa shape index (κ1) is 12.5. The molecule has 2 N–H and O–H groups in total. The SMILES string of the molecule is O=C(CC1CS(=O)(=O)CCN1)Nc1ccsc1. The molecule has 1 atom stereocenters. The van der Waals surface area contributed by atoms with Gasteiger partial charge in [0.05, 0.1) is 17.2 Å². The number of carbonyl (C=O) groups excluding carboxylic acids is 1. The van der Waals surface area contributed by atoms with E-state index in [-0.39, 0.29) is 29.9 Å². The first-order valence-corrected chi connectivity index (χ1v) is 8.07. The average molecular weight is 274 g/mol. The van der Waals surface area contributed by atoms with E-state index in [0.29, 0.717) is 6.54 Å². The number of hydrogen-bond donors (Lipinski definition) is 2. The van der Waals surface area contributed by atoms with Crippen LogP contribution < -0.4 is 10.6 Å². The van der Waals surface area contributed by atoms with Gasteiger partial charge in [-0.1, -0.05) is 0 Å². The van der Waals surface area contributed by atoms with Crippen molar-refractivity contribution in [1.82, 2.24) is 5.32 Å². The molecule has 0 spiro atoms. The highest BCUT2D eigenvalue weighted by Gasteiger charge is 2.25. The molecule has 1 aromatic rings. The van der Waals surface area contributed by atoms with Crippen molar-refractivity contribution in [3.8, 4) is 0 Å². The molecule has 1 amide bonds. The van der Waals surface area contributed by atoms with Gasteiger partial charge in [-0.2, -0.15) is 11.3 Å². The molecule has 0 radical (unpaired) electrons.